The Kier molecular flexibility index (Phi) is 5.56. The second-order valence-electron chi connectivity index (χ2n) is 3.65. The average Bonchev–Trinajstić information content (AvgIpc) is 2.14. The quantitative estimate of drug-likeness (QED) is 0.624. The molecular formula is C11H26N+. The summed E-state index contributed by atoms with van der Waals surface area (Å²) in [7, 11) is 0. The first-order valence-corrected chi connectivity index (χ1v) is 5.55. The summed E-state index contributed by atoms with van der Waals surface area (Å²) in [5.41, 5.74) is 0.559. The van der Waals surface area contributed by atoms with E-state index >= 15 is 0 Å². The van der Waals surface area contributed by atoms with Gasteiger partial charge in [0.05, 0.1) is 18.6 Å². The predicted molar refractivity (Wildman–Crippen MR) is 55.6 cm³/mol. The monoisotopic (exact) mass is 172 g/mol. The fourth-order valence-electron chi connectivity index (χ4n) is 2.50. The molecule has 0 saturated carbocycles. The third kappa shape index (κ3) is 2.22. The van der Waals surface area contributed by atoms with E-state index in [1.54, 1.807) is 4.90 Å². The minimum absolute atomic E-state index is 0.559. The lowest BCUT2D eigenvalue weighted by atomic mass is 9.87. The van der Waals surface area contributed by atoms with Crippen molar-refractivity contribution < 1.29 is 4.90 Å². The van der Waals surface area contributed by atoms with Gasteiger partial charge in [0, 0.05) is 0 Å². The molecule has 0 aliphatic carbocycles. The van der Waals surface area contributed by atoms with Gasteiger partial charge in [-0.3, -0.25) is 0 Å². The zero-order valence-corrected chi connectivity index (χ0v) is 9.54. The molecule has 0 spiro atoms. The van der Waals surface area contributed by atoms with Crippen molar-refractivity contribution in [1.82, 2.24) is 0 Å². The van der Waals surface area contributed by atoms with Crippen molar-refractivity contribution in [3.8, 4) is 0 Å². The van der Waals surface area contributed by atoms with Crippen LogP contribution in [0.25, 0.3) is 0 Å². The number of hydrogen-bond acceptors (Lipinski definition) is 0. The smallest absolute Gasteiger partial charge is 0.0968 e. The van der Waals surface area contributed by atoms with E-state index in [1.165, 1.54) is 32.4 Å². The minimum Gasteiger partial charge on any atom is -0.331 e. The van der Waals surface area contributed by atoms with E-state index in [0.29, 0.717) is 5.54 Å². The number of hydrogen-bond donors (Lipinski definition) is 1. The van der Waals surface area contributed by atoms with Crippen LogP contribution in [0.5, 0.6) is 0 Å². The molecule has 0 rings (SSSR count). The molecule has 0 unspecified atom stereocenters. The van der Waals surface area contributed by atoms with E-state index in [-0.39, 0.29) is 0 Å². The van der Waals surface area contributed by atoms with Crippen molar-refractivity contribution in [2.45, 2.75) is 59.4 Å². The van der Waals surface area contributed by atoms with Crippen LogP contribution in [0.1, 0.15) is 53.9 Å². The van der Waals surface area contributed by atoms with Crippen molar-refractivity contribution in [3.63, 3.8) is 0 Å². The molecule has 1 nitrogen and oxygen atoms in total. The van der Waals surface area contributed by atoms with Gasteiger partial charge >= 0.3 is 0 Å². The van der Waals surface area contributed by atoms with Gasteiger partial charge in [-0.1, -0.05) is 20.8 Å². The molecule has 0 aromatic heterocycles. The highest BCUT2D eigenvalue weighted by Crippen LogP contribution is 2.14. The van der Waals surface area contributed by atoms with Crippen LogP contribution in [0.3, 0.4) is 0 Å². The third-order valence-corrected chi connectivity index (χ3v) is 3.63. The maximum absolute atomic E-state index is 2.33. The summed E-state index contributed by atoms with van der Waals surface area (Å²) in [5, 5.41) is 0. The molecule has 1 N–H and O–H groups in total. The van der Waals surface area contributed by atoms with Crippen LogP contribution in [0.2, 0.25) is 0 Å². The standard InChI is InChI=1S/C11H25N/c1-6-11(7-2,8-3)12(9-4)10-5/h6-10H2,1-5H3/p+1. The highest BCUT2D eigenvalue weighted by Gasteiger charge is 2.33. The molecule has 0 bridgehead atoms. The fourth-order valence-corrected chi connectivity index (χ4v) is 2.50. The zero-order chi connectivity index (χ0) is 9.61. The Labute approximate surface area is 78.1 Å². The summed E-state index contributed by atoms with van der Waals surface area (Å²) in [4.78, 5) is 1.77. The van der Waals surface area contributed by atoms with Gasteiger partial charge in [-0.05, 0) is 33.1 Å². The molecule has 0 aliphatic heterocycles. The van der Waals surface area contributed by atoms with Gasteiger partial charge in [-0.2, -0.15) is 0 Å². The van der Waals surface area contributed by atoms with Crippen LogP contribution in [0.15, 0.2) is 0 Å². The SMILES string of the molecule is CC[NH+](CC)C(CC)(CC)CC. The Morgan fingerprint density at radius 1 is 0.750 bits per heavy atom. The van der Waals surface area contributed by atoms with Crippen molar-refractivity contribution in [1.29, 1.82) is 0 Å². The lowest BCUT2D eigenvalue weighted by Gasteiger charge is -2.38. The van der Waals surface area contributed by atoms with Gasteiger partial charge in [0.25, 0.3) is 0 Å². The largest absolute Gasteiger partial charge is 0.331 e. The van der Waals surface area contributed by atoms with Crippen LogP contribution >= 0.6 is 0 Å². The molecule has 0 atom stereocenters. The van der Waals surface area contributed by atoms with E-state index in [2.05, 4.69) is 34.6 Å². The van der Waals surface area contributed by atoms with Gasteiger partial charge < -0.3 is 4.90 Å². The van der Waals surface area contributed by atoms with E-state index in [0.717, 1.165) is 0 Å². The molecule has 0 aromatic rings. The van der Waals surface area contributed by atoms with Gasteiger partial charge in [-0.15, -0.1) is 0 Å². The summed E-state index contributed by atoms with van der Waals surface area (Å²) < 4.78 is 0. The molecule has 0 heterocycles. The zero-order valence-electron chi connectivity index (χ0n) is 9.54. The number of rotatable bonds is 6. The lowest BCUT2D eigenvalue weighted by molar-refractivity contribution is -0.951. The fraction of sp³-hybridized carbons (Fsp3) is 1.00. The maximum Gasteiger partial charge on any atom is 0.0968 e. The minimum atomic E-state index is 0.559. The topological polar surface area (TPSA) is 4.44 Å². The van der Waals surface area contributed by atoms with Gasteiger partial charge in [-0.25, -0.2) is 0 Å². The summed E-state index contributed by atoms with van der Waals surface area (Å²) in [6, 6.07) is 0. The molecule has 0 amide bonds. The Hall–Kier alpha value is -0.0400. The second-order valence-corrected chi connectivity index (χ2v) is 3.65. The maximum atomic E-state index is 2.33. The van der Waals surface area contributed by atoms with Crippen molar-refractivity contribution in [2.75, 3.05) is 13.1 Å². The van der Waals surface area contributed by atoms with Gasteiger partial charge in [0.2, 0.25) is 0 Å². The highest BCUT2D eigenvalue weighted by molar-refractivity contribution is 4.73. The molecule has 1 heteroatoms. The van der Waals surface area contributed by atoms with Crippen LogP contribution in [-0.4, -0.2) is 18.6 Å². The Morgan fingerprint density at radius 2 is 1.08 bits per heavy atom. The van der Waals surface area contributed by atoms with Crippen LogP contribution < -0.4 is 4.90 Å². The van der Waals surface area contributed by atoms with E-state index < -0.39 is 0 Å². The lowest BCUT2D eigenvalue weighted by Crippen LogP contribution is -3.19. The molecule has 12 heavy (non-hydrogen) atoms. The van der Waals surface area contributed by atoms with E-state index in [4.69, 9.17) is 0 Å². The van der Waals surface area contributed by atoms with Crippen LogP contribution in [0.4, 0.5) is 0 Å². The summed E-state index contributed by atoms with van der Waals surface area (Å²) in [6.07, 6.45) is 3.95. The predicted octanol–water partition coefficient (Wildman–Crippen LogP) is 1.88. The van der Waals surface area contributed by atoms with Gasteiger partial charge in [0.1, 0.15) is 0 Å². The van der Waals surface area contributed by atoms with E-state index in [1.807, 2.05) is 0 Å². The summed E-state index contributed by atoms with van der Waals surface area (Å²) in [6.45, 7) is 14.1. The first-order valence-electron chi connectivity index (χ1n) is 5.55. The molecule has 0 saturated heterocycles. The first-order chi connectivity index (χ1) is 5.70. The number of nitrogens with one attached hydrogen (secondary N) is 1. The average molecular weight is 172 g/mol. The molecule has 74 valence electrons. The molecule has 0 aromatic carbocycles. The molecule has 0 aliphatic rings. The Balaban J connectivity index is 4.42. The Bertz CT molecular complexity index is 93.3. The van der Waals surface area contributed by atoms with Crippen molar-refractivity contribution in [2.24, 2.45) is 0 Å². The third-order valence-electron chi connectivity index (χ3n) is 3.63. The molecule has 0 fully saturated rings. The van der Waals surface area contributed by atoms with Crippen molar-refractivity contribution >= 4 is 0 Å². The molecular weight excluding hydrogens is 146 g/mol. The van der Waals surface area contributed by atoms with Gasteiger partial charge in [0.15, 0.2) is 0 Å². The molecule has 0 radical (unpaired) electrons. The normalized spacial score (nSPS) is 12.5. The van der Waals surface area contributed by atoms with Crippen LogP contribution in [-0.2, 0) is 0 Å². The number of quaternary nitrogens is 1. The Morgan fingerprint density at radius 3 is 1.17 bits per heavy atom. The summed E-state index contributed by atoms with van der Waals surface area (Å²) >= 11 is 0. The second kappa shape index (κ2) is 5.58. The van der Waals surface area contributed by atoms with Crippen LogP contribution in [0, 0.1) is 0 Å². The van der Waals surface area contributed by atoms with Crippen molar-refractivity contribution in [3.05, 3.63) is 0 Å². The first kappa shape index (κ1) is 12.0. The van der Waals surface area contributed by atoms with E-state index in [9.17, 15) is 0 Å². The summed E-state index contributed by atoms with van der Waals surface area (Å²) in [5.74, 6) is 0. The highest BCUT2D eigenvalue weighted by atomic mass is 15.2.